The molecule has 0 amide bonds. The lowest BCUT2D eigenvalue weighted by Gasteiger charge is -2.49. The van der Waals surface area contributed by atoms with Crippen molar-refractivity contribution in [1.29, 1.82) is 0 Å². The molecule has 0 aromatic heterocycles. The quantitative estimate of drug-likeness (QED) is 0.431. The number of alkyl halides is 3. The highest BCUT2D eigenvalue weighted by atomic mass is 19.4. The zero-order valence-corrected chi connectivity index (χ0v) is 18.5. The first-order valence-electron chi connectivity index (χ1n) is 10.8. The summed E-state index contributed by atoms with van der Waals surface area (Å²) < 4.78 is 46.7. The van der Waals surface area contributed by atoms with Crippen LogP contribution in [0.15, 0.2) is 53.5 Å². The van der Waals surface area contributed by atoms with Gasteiger partial charge in [-0.15, -0.1) is 0 Å². The Labute approximate surface area is 185 Å². The molecule has 1 unspecified atom stereocenters. The van der Waals surface area contributed by atoms with Crippen LogP contribution in [0, 0.1) is 0 Å². The zero-order valence-electron chi connectivity index (χ0n) is 18.5. The largest absolute Gasteiger partial charge is 0.493 e. The number of nitrogens with zero attached hydrogens (tertiary/aromatic N) is 2. The fraction of sp³-hybridized carbons (Fsp3) is 0.346. The molecule has 166 valence electrons. The number of aliphatic imine (C=N–C) groups is 1. The Morgan fingerprint density at radius 3 is 2.56 bits per heavy atom. The Morgan fingerprint density at radius 2 is 1.84 bits per heavy atom. The molecule has 0 saturated carbocycles. The van der Waals surface area contributed by atoms with Crippen LogP contribution in [0.5, 0.6) is 5.75 Å². The van der Waals surface area contributed by atoms with E-state index in [-0.39, 0.29) is 0 Å². The van der Waals surface area contributed by atoms with Crippen LogP contribution in [0.1, 0.15) is 43.9 Å². The Hall–Kier alpha value is -3.02. The molecule has 5 rings (SSSR count). The molecule has 32 heavy (non-hydrogen) atoms. The summed E-state index contributed by atoms with van der Waals surface area (Å²) in [6.07, 6.45) is -1.92. The van der Waals surface area contributed by atoms with Crippen molar-refractivity contribution < 1.29 is 17.9 Å². The van der Waals surface area contributed by atoms with Crippen LogP contribution < -0.4 is 9.64 Å². The summed E-state index contributed by atoms with van der Waals surface area (Å²) >= 11 is 0. The first-order chi connectivity index (χ1) is 15.1. The summed E-state index contributed by atoms with van der Waals surface area (Å²) in [5.41, 5.74) is 1.51. The highest BCUT2D eigenvalue weighted by Gasteiger charge is 2.59. The summed E-state index contributed by atoms with van der Waals surface area (Å²) in [6, 6.07) is 14.2. The van der Waals surface area contributed by atoms with E-state index in [2.05, 4.69) is 13.8 Å². The van der Waals surface area contributed by atoms with E-state index in [0.29, 0.717) is 18.7 Å². The van der Waals surface area contributed by atoms with Gasteiger partial charge in [-0.3, -0.25) is 4.99 Å². The van der Waals surface area contributed by atoms with Crippen molar-refractivity contribution in [2.45, 2.75) is 44.3 Å². The van der Waals surface area contributed by atoms with Gasteiger partial charge in [0.2, 0.25) is 0 Å². The molecule has 3 nitrogen and oxygen atoms in total. The van der Waals surface area contributed by atoms with Gasteiger partial charge < -0.3 is 9.64 Å². The van der Waals surface area contributed by atoms with Gasteiger partial charge in [-0.05, 0) is 36.1 Å². The summed E-state index contributed by atoms with van der Waals surface area (Å²) in [4.78, 5) is 6.80. The normalized spacial score (nSPS) is 21.2. The molecule has 0 saturated heterocycles. The Morgan fingerprint density at radius 1 is 1.09 bits per heavy atom. The van der Waals surface area contributed by atoms with E-state index < -0.39 is 22.7 Å². The molecule has 0 bridgehead atoms. The predicted octanol–water partition coefficient (Wildman–Crippen LogP) is 6.99. The Balaban J connectivity index is 1.84. The summed E-state index contributed by atoms with van der Waals surface area (Å²) in [5.74, 6) is 0.738. The molecule has 3 aromatic carbocycles. The third-order valence-electron chi connectivity index (χ3n) is 7.27. The van der Waals surface area contributed by atoms with E-state index in [9.17, 15) is 13.2 Å². The zero-order chi connectivity index (χ0) is 22.9. The van der Waals surface area contributed by atoms with Crippen molar-refractivity contribution in [1.82, 2.24) is 0 Å². The van der Waals surface area contributed by atoms with Gasteiger partial charge in [0, 0.05) is 41.7 Å². The maximum absolute atomic E-state index is 13.5. The Kier molecular flexibility index (Phi) is 4.39. The van der Waals surface area contributed by atoms with Gasteiger partial charge in [-0.25, -0.2) is 0 Å². The van der Waals surface area contributed by atoms with Gasteiger partial charge in [-0.1, -0.05) is 44.2 Å². The van der Waals surface area contributed by atoms with E-state index in [1.165, 1.54) is 12.1 Å². The fourth-order valence-electron chi connectivity index (χ4n) is 5.71. The lowest BCUT2D eigenvalue weighted by molar-refractivity contribution is -0.137. The second-order valence-electron chi connectivity index (χ2n) is 9.04. The van der Waals surface area contributed by atoms with Gasteiger partial charge in [-0.2, -0.15) is 13.2 Å². The highest BCUT2D eigenvalue weighted by molar-refractivity contribution is 6.00. The number of hydrogen-bond acceptors (Lipinski definition) is 3. The fourth-order valence-corrected chi connectivity index (χ4v) is 5.71. The lowest BCUT2D eigenvalue weighted by Crippen LogP contribution is -2.52. The van der Waals surface area contributed by atoms with Crippen LogP contribution in [0.4, 0.5) is 24.5 Å². The number of benzene rings is 3. The molecule has 0 radical (unpaired) electrons. The predicted molar refractivity (Wildman–Crippen MR) is 122 cm³/mol. The third-order valence-corrected chi connectivity index (χ3v) is 7.27. The molecule has 2 heterocycles. The van der Waals surface area contributed by atoms with Crippen LogP contribution in [0.3, 0.4) is 0 Å². The minimum absolute atomic E-state index is 0.486. The molecule has 0 N–H and O–H groups in total. The highest BCUT2D eigenvalue weighted by Crippen LogP contribution is 2.63. The van der Waals surface area contributed by atoms with Crippen LogP contribution in [0.2, 0.25) is 0 Å². The molecule has 1 atom stereocenters. The first kappa shape index (κ1) is 20.9. The number of anilines is 1. The van der Waals surface area contributed by atoms with Crippen molar-refractivity contribution in [3.05, 3.63) is 65.2 Å². The van der Waals surface area contributed by atoms with Gasteiger partial charge in [0.1, 0.15) is 5.75 Å². The molecular weight excluding hydrogens is 413 g/mol. The molecule has 0 fully saturated rings. The summed E-state index contributed by atoms with van der Waals surface area (Å²) in [6.45, 7) is 6.64. The van der Waals surface area contributed by atoms with E-state index in [4.69, 9.17) is 9.73 Å². The van der Waals surface area contributed by atoms with Gasteiger partial charge in [0.15, 0.2) is 0 Å². The number of ether oxygens (including phenoxy) is 1. The smallest absolute Gasteiger partial charge is 0.416 e. The van der Waals surface area contributed by atoms with Crippen LogP contribution in [0.25, 0.3) is 10.8 Å². The van der Waals surface area contributed by atoms with E-state index >= 15 is 0 Å². The van der Waals surface area contributed by atoms with Crippen LogP contribution >= 0.6 is 0 Å². The average Bonchev–Trinajstić information content (AvgIpc) is 2.92. The molecule has 3 aromatic rings. The molecule has 1 spiro atoms. The summed E-state index contributed by atoms with van der Waals surface area (Å²) in [5, 5.41) is 2.04. The van der Waals surface area contributed by atoms with Crippen molar-refractivity contribution in [2.75, 3.05) is 18.6 Å². The molecule has 6 heteroatoms. The molecule has 2 aliphatic rings. The van der Waals surface area contributed by atoms with E-state index in [1.54, 1.807) is 6.07 Å². The first-order valence-corrected chi connectivity index (χ1v) is 10.8. The minimum Gasteiger partial charge on any atom is -0.493 e. The standard InChI is InChI=1S/C26H25F3N2O/c1-5-32-21-14-16-8-6-7-9-18(16)23-22(21)25(12-13-30-23)24(2,3)19-11-10-17(26(27,28)29)15-20(19)31(25)4/h6-11,13-15H,5,12H2,1-4H3. The second kappa shape index (κ2) is 6.74. The van der Waals surface area contributed by atoms with E-state index in [1.807, 2.05) is 55.4 Å². The van der Waals surface area contributed by atoms with Crippen molar-refractivity contribution in [3.63, 3.8) is 0 Å². The lowest BCUT2D eigenvalue weighted by atomic mass is 9.63. The number of rotatable bonds is 2. The Bertz CT molecular complexity index is 1260. The van der Waals surface area contributed by atoms with Gasteiger partial charge >= 0.3 is 6.18 Å². The van der Waals surface area contributed by atoms with Crippen molar-refractivity contribution in [3.8, 4) is 5.75 Å². The molecule has 2 aliphatic heterocycles. The SMILES string of the molecule is CCOc1cc2ccccc2c2c1C1(CC=N2)N(C)c2cc(C(F)(F)F)ccc2C1(C)C. The van der Waals surface area contributed by atoms with Crippen molar-refractivity contribution in [2.24, 2.45) is 4.99 Å². The third kappa shape index (κ3) is 2.58. The number of fused-ring (bicyclic) bond motifs is 5. The van der Waals surface area contributed by atoms with Gasteiger partial charge in [0.05, 0.1) is 23.4 Å². The maximum atomic E-state index is 13.5. The van der Waals surface area contributed by atoms with Gasteiger partial charge in [0.25, 0.3) is 0 Å². The van der Waals surface area contributed by atoms with Crippen LogP contribution in [-0.4, -0.2) is 19.9 Å². The summed E-state index contributed by atoms with van der Waals surface area (Å²) in [7, 11) is 1.89. The van der Waals surface area contributed by atoms with Crippen molar-refractivity contribution >= 4 is 28.4 Å². The average molecular weight is 438 g/mol. The van der Waals surface area contributed by atoms with Crippen LogP contribution in [-0.2, 0) is 17.1 Å². The monoisotopic (exact) mass is 438 g/mol. The maximum Gasteiger partial charge on any atom is 0.416 e. The molecule has 0 aliphatic carbocycles. The topological polar surface area (TPSA) is 24.8 Å². The number of likely N-dealkylation sites (N-methyl/N-ethyl adjacent to an activating group) is 1. The number of halogens is 3. The number of hydrogen-bond donors (Lipinski definition) is 0. The minimum atomic E-state index is -4.39. The second-order valence-corrected chi connectivity index (χ2v) is 9.04. The van der Waals surface area contributed by atoms with E-state index in [0.717, 1.165) is 33.3 Å². The molecular formula is C26H25F3N2O.